The van der Waals surface area contributed by atoms with Gasteiger partial charge >= 0.3 is 0 Å². The number of hydrogen-bond acceptors (Lipinski definition) is 3. The van der Waals surface area contributed by atoms with Gasteiger partial charge in [-0.3, -0.25) is 14.2 Å². The minimum Gasteiger partial charge on any atom is -0.289 e. The van der Waals surface area contributed by atoms with E-state index in [0.29, 0.717) is 5.56 Å². The third-order valence-electron chi connectivity index (χ3n) is 2.67. The highest BCUT2D eigenvalue weighted by Crippen LogP contribution is 2.08. The predicted octanol–water partition coefficient (Wildman–Crippen LogP) is 1.84. The number of allylic oxidation sites excluding steroid dienone is 1. The fourth-order valence-electron chi connectivity index (χ4n) is 1.73. The number of carbonyl (C=O) groups excluding carboxylic acids is 1. The largest absolute Gasteiger partial charge is 0.289 e. The van der Waals surface area contributed by atoms with E-state index in [-0.39, 0.29) is 5.78 Å². The Bertz CT molecular complexity index is 592. The van der Waals surface area contributed by atoms with Crippen LogP contribution in [-0.2, 0) is 13.6 Å². The monoisotopic (exact) mass is 244 g/mol. The van der Waals surface area contributed by atoms with E-state index in [9.17, 15) is 4.79 Å². The second-order valence-electron chi connectivity index (χ2n) is 4.10. The molecule has 0 radical (unpaired) electrons. The van der Waals surface area contributed by atoms with E-state index in [1.165, 1.54) is 6.08 Å². The van der Waals surface area contributed by atoms with E-state index < -0.39 is 0 Å². The van der Waals surface area contributed by atoms with Crippen LogP contribution in [0, 0.1) is 6.92 Å². The zero-order chi connectivity index (χ0) is 13.1. The lowest BCUT2D eigenvalue weighted by Crippen LogP contribution is -1.96. The number of aryl methyl sites for hydroxylation is 3. The molecule has 2 aromatic heterocycles. The standard InChI is InChI=1S/C13H16N4O/c1-4-17-8-7-11(15-17)5-6-13(18)12-9-16(3)14-10(12)2/h5-9H,4H2,1-3H3/b6-5+. The molecule has 0 N–H and O–H groups in total. The van der Waals surface area contributed by atoms with Crippen LogP contribution in [0.15, 0.2) is 24.5 Å². The first kappa shape index (κ1) is 12.3. The Labute approximate surface area is 106 Å². The van der Waals surface area contributed by atoms with Crippen LogP contribution in [0.1, 0.15) is 28.7 Å². The maximum absolute atomic E-state index is 12.0. The Morgan fingerprint density at radius 3 is 2.78 bits per heavy atom. The molecule has 0 aliphatic rings. The molecule has 5 heteroatoms. The summed E-state index contributed by atoms with van der Waals surface area (Å²) in [5.41, 5.74) is 2.15. The molecule has 0 unspecified atom stereocenters. The Hall–Kier alpha value is -2.17. The molecule has 0 fully saturated rings. The molecule has 18 heavy (non-hydrogen) atoms. The number of carbonyl (C=O) groups is 1. The van der Waals surface area contributed by atoms with Crippen molar-refractivity contribution in [3.05, 3.63) is 41.5 Å². The molecule has 2 heterocycles. The lowest BCUT2D eigenvalue weighted by atomic mass is 10.1. The number of ketones is 1. The summed E-state index contributed by atoms with van der Waals surface area (Å²) in [5.74, 6) is -0.0494. The van der Waals surface area contributed by atoms with E-state index in [2.05, 4.69) is 10.2 Å². The molecule has 0 aliphatic carbocycles. The van der Waals surface area contributed by atoms with E-state index in [1.54, 1.807) is 24.0 Å². The molecule has 5 nitrogen and oxygen atoms in total. The number of rotatable bonds is 4. The smallest absolute Gasteiger partial charge is 0.189 e. The van der Waals surface area contributed by atoms with Gasteiger partial charge in [0.1, 0.15) is 0 Å². The van der Waals surface area contributed by atoms with Crippen molar-refractivity contribution in [1.29, 1.82) is 0 Å². The molecule has 0 aromatic carbocycles. The van der Waals surface area contributed by atoms with Crippen molar-refractivity contribution in [1.82, 2.24) is 19.6 Å². The molecular weight excluding hydrogens is 228 g/mol. The highest BCUT2D eigenvalue weighted by molar-refractivity contribution is 6.07. The van der Waals surface area contributed by atoms with Gasteiger partial charge < -0.3 is 0 Å². The SMILES string of the molecule is CCn1ccc(/C=C/C(=O)c2cn(C)nc2C)n1. The summed E-state index contributed by atoms with van der Waals surface area (Å²) in [6.45, 7) is 4.67. The fourth-order valence-corrected chi connectivity index (χ4v) is 1.73. The zero-order valence-corrected chi connectivity index (χ0v) is 10.8. The first-order valence-corrected chi connectivity index (χ1v) is 5.86. The molecule has 0 atom stereocenters. The van der Waals surface area contributed by atoms with Crippen LogP contribution in [0.4, 0.5) is 0 Å². The highest BCUT2D eigenvalue weighted by atomic mass is 16.1. The van der Waals surface area contributed by atoms with Gasteiger partial charge in [-0.2, -0.15) is 10.2 Å². The van der Waals surface area contributed by atoms with Crippen molar-refractivity contribution < 1.29 is 4.79 Å². The summed E-state index contributed by atoms with van der Waals surface area (Å²) in [4.78, 5) is 12.0. The van der Waals surface area contributed by atoms with Crippen molar-refractivity contribution in [2.45, 2.75) is 20.4 Å². The van der Waals surface area contributed by atoms with E-state index in [1.807, 2.05) is 30.8 Å². The zero-order valence-electron chi connectivity index (χ0n) is 10.8. The van der Waals surface area contributed by atoms with Crippen LogP contribution < -0.4 is 0 Å². The van der Waals surface area contributed by atoms with Crippen LogP contribution in [-0.4, -0.2) is 25.3 Å². The molecule has 0 saturated heterocycles. The van der Waals surface area contributed by atoms with Gasteiger partial charge in [0.15, 0.2) is 5.78 Å². The molecule has 2 aromatic rings. The fraction of sp³-hybridized carbons (Fsp3) is 0.308. The minimum absolute atomic E-state index is 0.0494. The average Bonchev–Trinajstić information content (AvgIpc) is 2.92. The normalized spacial score (nSPS) is 11.3. The van der Waals surface area contributed by atoms with Gasteiger partial charge in [-0.15, -0.1) is 0 Å². The van der Waals surface area contributed by atoms with Crippen molar-refractivity contribution in [3.63, 3.8) is 0 Å². The summed E-state index contributed by atoms with van der Waals surface area (Å²) in [7, 11) is 1.80. The van der Waals surface area contributed by atoms with Gasteiger partial charge in [-0.05, 0) is 32.1 Å². The quantitative estimate of drug-likeness (QED) is 0.609. The van der Waals surface area contributed by atoms with Crippen LogP contribution in [0.25, 0.3) is 6.08 Å². The first-order chi connectivity index (χ1) is 8.60. The lowest BCUT2D eigenvalue weighted by Gasteiger charge is -1.91. The number of aromatic nitrogens is 4. The average molecular weight is 244 g/mol. The van der Waals surface area contributed by atoms with Gasteiger partial charge in [-0.25, -0.2) is 0 Å². The second-order valence-corrected chi connectivity index (χ2v) is 4.10. The van der Waals surface area contributed by atoms with Crippen molar-refractivity contribution in [2.75, 3.05) is 0 Å². The molecule has 0 aliphatic heterocycles. The predicted molar refractivity (Wildman–Crippen MR) is 69.2 cm³/mol. The van der Waals surface area contributed by atoms with E-state index in [4.69, 9.17) is 0 Å². The summed E-state index contributed by atoms with van der Waals surface area (Å²) in [6, 6.07) is 1.88. The third-order valence-corrected chi connectivity index (χ3v) is 2.67. The highest BCUT2D eigenvalue weighted by Gasteiger charge is 2.09. The Morgan fingerprint density at radius 1 is 1.44 bits per heavy atom. The summed E-state index contributed by atoms with van der Waals surface area (Å²) in [5, 5.41) is 8.43. The van der Waals surface area contributed by atoms with E-state index >= 15 is 0 Å². The van der Waals surface area contributed by atoms with Gasteiger partial charge in [-0.1, -0.05) is 0 Å². The second kappa shape index (κ2) is 5.00. The molecular formula is C13H16N4O. The molecule has 0 bridgehead atoms. The molecule has 94 valence electrons. The summed E-state index contributed by atoms with van der Waals surface area (Å²) in [6.07, 6.45) is 6.87. The molecule has 0 spiro atoms. The lowest BCUT2D eigenvalue weighted by molar-refractivity contribution is 0.104. The maximum atomic E-state index is 12.0. The first-order valence-electron chi connectivity index (χ1n) is 5.86. The van der Waals surface area contributed by atoms with Gasteiger partial charge in [0.2, 0.25) is 0 Å². The van der Waals surface area contributed by atoms with Gasteiger partial charge in [0.25, 0.3) is 0 Å². The molecule has 0 amide bonds. The molecule has 0 saturated carbocycles. The Balaban J connectivity index is 2.14. The van der Waals surface area contributed by atoms with Crippen molar-refractivity contribution >= 4 is 11.9 Å². The summed E-state index contributed by atoms with van der Waals surface area (Å²) < 4.78 is 3.46. The van der Waals surface area contributed by atoms with Gasteiger partial charge in [0, 0.05) is 26.0 Å². The van der Waals surface area contributed by atoms with Crippen LogP contribution in [0.3, 0.4) is 0 Å². The number of nitrogens with zero attached hydrogens (tertiary/aromatic N) is 4. The van der Waals surface area contributed by atoms with Crippen molar-refractivity contribution in [3.8, 4) is 0 Å². The maximum Gasteiger partial charge on any atom is 0.189 e. The Kier molecular flexibility index (Phi) is 3.41. The van der Waals surface area contributed by atoms with Crippen LogP contribution >= 0.6 is 0 Å². The Morgan fingerprint density at radius 2 is 2.22 bits per heavy atom. The van der Waals surface area contributed by atoms with Crippen LogP contribution in [0.2, 0.25) is 0 Å². The van der Waals surface area contributed by atoms with Crippen LogP contribution in [0.5, 0.6) is 0 Å². The van der Waals surface area contributed by atoms with E-state index in [0.717, 1.165) is 17.9 Å². The van der Waals surface area contributed by atoms with Gasteiger partial charge in [0.05, 0.1) is 17.0 Å². The minimum atomic E-state index is -0.0494. The molecule has 2 rings (SSSR count). The number of hydrogen-bond donors (Lipinski definition) is 0. The third kappa shape index (κ3) is 2.56. The topological polar surface area (TPSA) is 52.7 Å². The summed E-state index contributed by atoms with van der Waals surface area (Å²) >= 11 is 0. The van der Waals surface area contributed by atoms with Crippen molar-refractivity contribution in [2.24, 2.45) is 7.05 Å².